The van der Waals surface area contributed by atoms with Crippen molar-refractivity contribution in [1.82, 2.24) is 52.0 Å². The smallest absolute Gasteiger partial charge is 0.409 e. The van der Waals surface area contributed by atoms with Crippen molar-refractivity contribution >= 4 is 111 Å². The first-order valence-electron chi connectivity index (χ1n) is 35.6. The van der Waals surface area contributed by atoms with Gasteiger partial charge in [0.25, 0.3) is 0 Å². The SMILES string of the molecule is C=CCOC(=O)c1cc(COC(=O)N(C)CCCCCCOc2ccc3c4c([nH]c3c2)[S+]([O-])C[C@@H]2NC(=O)CNC(=O)[C@H]([C@@H](C)CC)NC(=O)CNC(=O)[C@H](C4)NC(=O)[C@H]([C@@H](C)[C@@H](O)CO)NC(=O)[C@@H]3C[C@@H](O)CN3C(=O)[C@H](CC(N)=O)NC2=O)ccc1O[C@@H]1O[C@H](C(=O)OC)[C@@H](OC(C)=O)[C@H](OC(C)=O)[C@H]1OC(C)=O. The molecule has 4 aliphatic heterocycles. The van der Waals surface area contributed by atoms with Crippen molar-refractivity contribution in [1.29, 1.82) is 0 Å². The van der Waals surface area contributed by atoms with Crippen LogP contribution in [-0.2, 0) is 120 Å². The van der Waals surface area contributed by atoms with Crippen LogP contribution in [0.3, 0.4) is 0 Å². The number of aromatic nitrogens is 1. The van der Waals surface area contributed by atoms with Crippen LogP contribution in [0, 0.1) is 11.8 Å². The fraction of sp³-hybridized carbons (Fsp3) is 0.563. The van der Waals surface area contributed by atoms with Crippen LogP contribution in [0.15, 0.2) is 54.1 Å². The molecule has 0 spiro atoms. The molecule has 1 unspecified atom stereocenters. The Kier molecular flexibility index (Phi) is 32.2. The second-order valence-corrected chi connectivity index (χ2v) is 28.3. The molecule has 0 radical (unpaired) electrons. The maximum absolute atomic E-state index is 15.2. The number of nitrogens with one attached hydrogen (secondary N) is 8. The largest absolute Gasteiger partial charge is 0.610 e. The Balaban J connectivity index is 1.10. The molecule has 0 aliphatic carbocycles. The van der Waals surface area contributed by atoms with Crippen molar-refractivity contribution < 1.29 is 134 Å². The van der Waals surface area contributed by atoms with Crippen molar-refractivity contribution in [2.45, 2.75) is 184 Å². The minimum atomic E-state index is -2.48. The number of aromatic amines is 1. The Morgan fingerprint density at radius 3 is 2.12 bits per heavy atom. The average Bonchev–Trinajstić information content (AvgIpc) is 1.76. The molecule has 3 aromatic rings. The van der Waals surface area contributed by atoms with Gasteiger partial charge in [-0.05, 0) is 48.6 Å². The number of carbonyl (C=O) groups is 15. The van der Waals surface area contributed by atoms with Crippen LogP contribution >= 0.6 is 0 Å². The summed E-state index contributed by atoms with van der Waals surface area (Å²) in [6.45, 7) is 7.80. The molecule has 2 fully saturated rings. The van der Waals surface area contributed by atoms with Gasteiger partial charge in [0.1, 0.15) is 66.2 Å². The molecule has 4 aliphatic rings. The molecule has 608 valence electrons. The van der Waals surface area contributed by atoms with Crippen molar-refractivity contribution in [2.24, 2.45) is 17.6 Å². The Hall–Kier alpha value is -10.7. The normalized spacial score (nSPS) is 25.1. The maximum atomic E-state index is 15.2. The van der Waals surface area contributed by atoms with E-state index in [0.29, 0.717) is 32.1 Å². The van der Waals surface area contributed by atoms with Gasteiger partial charge < -0.3 is 120 Å². The number of hydrogen-bond acceptors (Lipinski definition) is 28. The van der Waals surface area contributed by atoms with Gasteiger partial charge in [-0.3, -0.25) is 57.5 Å². The summed E-state index contributed by atoms with van der Waals surface area (Å²) in [5, 5.41) is 49.3. The number of fused-ring (bicyclic) bond motifs is 5. The third-order valence-corrected chi connectivity index (χ3v) is 20.0. The first-order valence-corrected chi connectivity index (χ1v) is 37.0. The minimum Gasteiger partial charge on any atom is -0.610 e. The summed E-state index contributed by atoms with van der Waals surface area (Å²) < 4.78 is 65.2. The lowest BCUT2D eigenvalue weighted by molar-refractivity contribution is -0.282. The second-order valence-electron chi connectivity index (χ2n) is 26.9. The number of benzene rings is 2. The Morgan fingerprint density at radius 2 is 1.46 bits per heavy atom. The van der Waals surface area contributed by atoms with Gasteiger partial charge in [0.15, 0.2) is 24.4 Å². The fourth-order valence-electron chi connectivity index (χ4n) is 12.6. The molecule has 10 amide bonds. The zero-order chi connectivity index (χ0) is 81.7. The number of nitrogens with zero attached hydrogens (tertiary/aromatic N) is 2. The van der Waals surface area contributed by atoms with Crippen LogP contribution in [0.4, 0.5) is 4.79 Å². The number of carbonyl (C=O) groups excluding carboxylic acids is 15. The van der Waals surface area contributed by atoms with Crippen LogP contribution in [-0.4, -0.2) is 269 Å². The number of aliphatic hydroxyl groups excluding tert-OH is 3. The maximum Gasteiger partial charge on any atom is 0.409 e. The lowest BCUT2D eigenvalue weighted by Crippen LogP contribution is -2.64. The Labute approximate surface area is 639 Å². The van der Waals surface area contributed by atoms with Crippen LogP contribution in [0.25, 0.3) is 10.9 Å². The molecule has 2 bridgehead atoms. The third kappa shape index (κ3) is 23.9. The molecule has 1 aromatic heterocycles. The van der Waals surface area contributed by atoms with E-state index < -0.39 is 243 Å². The first-order chi connectivity index (χ1) is 52.7. The van der Waals surface area contributed by atoms with Gasteiger partial charge in [-0.15, -0.1) is 0 Å². The molecule has 2 saturated heterocycles. The number of esters is 5. The molecule has 111 heavy (non-hydrogen) atoms. The van der Waals surface area contributed by atoms with E-state index in [1.165, 1.54) is 49.2 Å². The first kappa shape index (κ1) is 87.5. The van der Waals surface area contributed by atoms with Crippen molar-refractivity contribution in [3.63, 3.8) is 0 Å². The third-order valence-electron chi connectivity index (χ3n) is 18.5. The van der Waals surface area contributed by atoms with Crippen LogP contribution < -0.4 is 52.4 Å². The van der Waals surface area contributed by atoms with Gasteiger partial charge in [-0.1, -0.05) is 58.8 Å². The van der Waals surface area contributed by atoms with Crippen LogP contribution in [0.5, 0.6) is 11.5 Å². The molecule has 7 rings (SSSR count). The zero-order valence-electron chi connectivity index (χ0n) is 62.4. The Morgan fingerprint density at radius 1 is 0.793 bits per heavy atom. The predicted octanol–water partition coefficient (Wildman–Crippen LogP) is -3.00. The van der Waals surface area contributed by atoms with E-state index in [1.54, 1.807) is 26.0 Å². The highest BCUT2D eigenvalue weighted by atomic mass is 32.2. The van der Waals surface area contributed by atoms with Gasteiger partial charge in [0.2, 0.25) is 70.6 Å². The van der Waals surface area contributed by atoms with E-state index in [-0.39, 0.29) is 70.5 Å². The van der Waals surface area contributed by atoms with E-state index in [1.807, 2.05) is 0 Å². The number of unbranched alkanes of at least 4 members (excludes halogenated alkanes) is 3. The zero-order valence-corrected chi connectivity index (χ0v) is 63.2. The molecule has 39 nitrogen and oxygen atoms in total. The van der Waals surface area contributed by atoms with E-state index in [2.05, 4.69) is 48.8 Å². The number of rotatable bonds is 26. The number of aliphatic hydroxyl groups is 3. The summed E-state index contributed by atoms with van der Waals surface area (Å²) in [5.74, 6) is -17.3. The summed E-state index contributed by atoms with van der Waals surface area (Å²) in [6, 6.07) is -1.79. The van der Waals surface area contributed by atoms with Gasteiger partial charge in [0.05, 0.1) is 57.6 Å². The lowest BCUT2D eigenvalue weighted by atomic mass is 9.93. The molecule has 2 aromatic carbocycles. The number of hydrogen-bond donors (Lipinski definition) is 12. The number of ether oxygens (including phenoxy) is 9. The molecule has 40 heteroatoms. The summed E-state index contributed by atoms with van der Waals surface area (Å²) in [6.07, 6.45) is -10.9. The standard InChI is InChI=1S/C71H95N11O28S/c1-10-21-104-68(98)44-23-39(16-19-51(44)109-70-60(108-38(7)86)58(107-37(6)85)57(106-36(5)84)59(110-70)69(99)102-9)32-105-71(100)81(8)20-14-12-13-15-22-103-41-17-18-42-43-26-46-61(92)73-29-54(91)79-55(34(3)11-2)64(95)74-28-53(90)75-48(33-111(101)66(43)78-45(42)25-41)62(93)77-47(27-52(72)89)67(97)82-30-40(87)24-49(82)63(94)80-56(65(96)76-46)35(4)50(88)31-83/h10,16-19,23,25,34-35,40,46-50,55-60,70,78,83,87-88H,1,11-15,20-22,24,26-33H2,2-9H3,(H2,72,89)(H,73,92)(H,74,95)(H,75,90)(H,76,96)(H,77,93)(H,79,91)(H,80,94)/t34-,35-,40+,46-,47-,48-,49-,50-,55-,56-,57-,58-,59-,60+,70+,111?/m0/s1. The highest BCUT2D eigenvalue weighted by Gasteiger charge is 2.56. The van der Waals surface area contributed by atoms with Gasteiger partial charge in [-0.25, -0.2) is 14.4 Å². The molecular weight excluding hydrogens is 1490 g/mol. The number of nitrogens with two attached hydrogens (primary N) is 1. The number of amides is 10. The number of primary amides is 1. The Bertz CT molecular complexity index is 3950. The molecule has 0 saturated carbocycles. The van der Waals surface area contributed by atoms with Gasteiger partial charge in [-0.2, -0.15) is 0 Å². The molecular formula is C71H95N11O28S. The van der Waals surface area contributed by atoms with Crippen molar-refractivity contribution in [3.8, 4) is 11.5 Å². The molecule has 5 heterocycles. The van der Waals surface area contributed by atoms with Crippen LogP contribution in [0.2, 0.25) is 0 Å². The summed E-state index contributed by atoms with van der Waals surface area (Å²) >= 11 is -2.48. The summed E-state index contributed by atoms with van der Waals surface area (Å²) in [4.78, 5) is 209. The summed E-state index contributed by atoms with van der Waals surface area (Å²) in [7, 11) is 2.51. The quantitative estimate of drug-likeness (QED) is 0.0125. The monoisotopic (exact) mass is 1580 g/mol. The van der Waals surface area contributed by atoms with Crippen molar-refractivity contribution in [3.05, 3.63) is 65.7 Å². The average molecular weight is 1580 g/mol. The lowest BCUT2D eigenvalue weighted by Gasteiger charge is -2.43. The van der Waals surface area contributed by atoms with E-state index in [0.717, 1.165) is 32.8 Å². The highest BCUT2D eigenvalue weighted by molar-refractivity contribution is 7.91. The molecule has 13 N–H and O–H groups in total. The van der Waals surface area contributed by atoms with Crippen molar-refractivity contribution in [2.75, 3.05) is 65.9 Å². The molecule has 16 atom stereocenters. The minimum absolute atomic E-state index is 0.0572. The number of methoxy groups -OCH3 is 1. The van der Waals surface area contributed by atoms with E-state index >= 15 is 4.55 Å². The predicted molar refractivity (Wildman–Crippen MR) is 382 cm³/mol. The van der Waals surface area contributed by atoms with Crippen LogP contribution in [0.1, 0.15) is 108 Å². The number of H-pyrrole nitrogens is 1. The van der Waals surface area contributed by atoms with E-state index in [4.69, 9.17) is 48.4 Å². The van der Waals surface area contributed by atoms with E-state index in [9.17, 15) is 87.2 Å². The van der Waals surface area contributed by atoms with Gasteiger partial charge in [0, 0.05) is 87.9 Å². The highest BCUT2D eigenvalue weighted by Crippen LogP contribution is 2.35. The second kappa shape index (κ2) is 40.8. The fourth-order valence-corrected chi connectivity index (χ4v) is 14.0. The summed E-state index contributed by atoms with van der Waals surface area (Å²) in [5.41, 5.74) is 5.85. The van der Waals surface area contributed by atoms with Gasteiger partial charge >= 0.3 is 35.9 Å². The topological polar surface area (TPSA) is 555 Å².